The second-order valence-corrected chi connectivity index (χ2v) is 4.94. The average molecular weight is 288 g/mol. The maximum atomic E-state index is 14.6. The third-order valence-electron chi connectivity index (χ3n) is 3.17. The first-order valence-electron chi connectivity index (χ1n) is 6.26. The molecule has 1 aromatic carbocycles. The first kappa shape index (κ1) is 15.9. The molecule has 1 aromatic rings. The van der Waals surface area contributed by atoms with Gasteiger partial charge in [-0.2, -0.15) is 0 Å². The molecule has 5 heteroatoms. The number of amides is 1. The molecule has 1 rings (SSSR count). The highest BCUT2D eigenvalue weighted by Crippen LogP contribution is 2.31. The van der Waals surface area contributed by atoms with Crippen molar-refractivity contribution >= 4 is 17.5 Å². The third kappa shape index (κ3) is 3.45. The maximum absolute atomic E-state index is 14.6. The Labute approximate surface area is 118 Å². The van der Waals surface area contributed by atoms with E-state index in [1.54, 1.807) is 26.0 Å². The average Bonchev–Trinajstić information content (AvgIpc) is 2.40. The van der Waals surface area contributed by atoms with Gasteiger partial charge in [0.25, 0.3) is 5.91 Å². The zero-order chi connectivity index (χ0) is 14.6. The number of carbonyl (C=O) groups is 1. The van der Waals surface area contributed by atoms with Crippen LogP contribution in [0.1, 0.15) is 32.4 Å². The molecule has 0 aliphatic heterocycles. The van der Waals surface area contributed by atoms with Crippen LogP contribution >= 0.6 is 11.6 Å². The van der Waals surface area contributed by atoms with Gasteiger partial charge in [-0.1, -0.05) is 23.7 Å². The van der Waals surface area contributed by atoms with Gasteiger partial charge in [-0.15, -0.1) is 0 Å². The topological polar surface area (TPSA) is 40.5 Å². The summed E-state index contributed by atoms with van der Waals surface area (Å²) in [6.07, 6.45) is -1.52. The van der Waals surface area contributed by atoms with Crippen LogP contribution in [0.15, 0.2) is 24.3 Å². The second kappa shape index (κ2) is 6.35. The van der Waals surface area contributed by atoms with Crippen molar-refractivity contribution in [3.63, 3.8) is 0 Å². The van der Waals surface area contributed by atoms with E-state index in [2.05, 4.69) is 0 Å². The lowest BCUT2D eigenvalue weighted by Gasteiger charge is -2.31. The molecule has 0 saturated carbocycles. The maximum Gasteiger partial charge on any atom is 0.263 e. The number of benzene rings is 1. The number of aliphatic hydroxyl groups is 1. The number of halogens is 2. The van der Waals surface area contributed by atoms with Crippen LogP contribution < -0.4 is 0 Å². The quantitative estimate of drug-likeness (QED) is 0.904. The predicted molar refractivity (Wildman–Crippen MR) is 73.9 cm³/mol. The molecule has 0 aliphatic rings. The van der Waals surface area contributed by atoms with Gasteiger partial charge >= 0.3 is 0 Å². The Balaban J connectivity index is 2.98. The van der Waals surface area contributed by atoms with Crippen LogP contribution in [0.2, 0.25) is 5.02 Å². The van der Waals surface area contributed by atoms with Crippen molar-refractivity contribution < 1.29 is 14.3 Å². The van der Waals surface area contributed by atoms with Gasteiger partial charge in [0, 0.05) is 18.1 Å². The molecular weight excluding hydrogens is 269 g/mol. The number of hydrogen-bond acceptors (Lipinski definition) is 2. The van der Waals surface area contributed by atoms with Crippen LogP contribution in [0, 0.1) is 0 Å². The molecule has 1 amide bonds. The summed E-state index contributed by atoms with van der Waals surface area (Å²) in [6.45, 7) is 5.45. The van der Waals surface area contributed by atoms with Crippen molar-refractivity contribution in [2.75, 3.05) is 13.1 Å². The number of nitrogens with zero attached hydrogens (tertiary/aromatic N) is 1. The predicted octanol–water partition coefficient (Wildman–Crippen LogP) is 2.97. The largest absolute Gasteiger partial charge is 0.384 e. The van der Waals surface area contributed by atoms with E-state index < -0.39 is 17.7 Å². The SMILES string of the molecule is CCN(CC)C(=O)[C@@](C)(F)[C@@H](O)c1ccc(Cl)cc1. The van der Waals surface area contributed by atoms with E-state index in [9.17, 15) is 14.3 Å². The summed E-state index contributed by atoms with van der Waals surface area (Å²) < 4.78 is 14.6. The lowest BCUT2D eigenvalue weighted by molar-refractivity contribution is -0.150. The Kier molecular flexibility index (Phi) is 5.32. The highest BCUT2D eigenvalue weighted by molar-refractivity contribution is 6.30. The van der Waals surface area contributed by atoms with Gasteiger partial charge in [0.05, 0.1) is 0 Å². The first-order chi connectivity index (χ1) is 8.84. The number of hydrogen-bond donors (Lipinski definition) is 1. The summed E-state index contributed by atoms with van der Waals surface area (Å²) in [5.41, 5.74) is -2.03. The number of alkyl halides is 1. The molecule has 0 unspecified atom stereocenters. The summed E-state index contributed by atoms with van der Waals surface area (Å²) in [7, 11) is 0. The molecular formula is C14H19ClFNO2. The fourth-order valence-corrected chi connectivity index (χ4v) is 2.02. The zero-order valence-electron chi connectivity index (χ0n) is 11.4. The van der Waals surface area contributed by atoms with Gasteiger partial charge in [-0.25, -0.2) is 4.39 Å². The monoisotopic (exact) mass is 287 g/mol. The first-order valence-corrected chi connectivity index (χ1v) is 6.64. The van der Waals surface area contributed by atoms with E-state index in [0.717, 1.165) is 6.92 Å². The van der Waals surface area contributed by atoms with Gasteiger partial charge in [0.1, 0.15) is 6.10 Å². The minimum atomic E-state index is -2.36. The smallest absolute Gasteiger partial charge is 0.263 e. The van der Waals surface area contributed by atoms with E-state index in [1.807, 2.05) is 0 Å². The fraction of sp³-hybridized carbons (Fsp3) is 0.500. The van der Waals surface area contributed by atoms with Crippen LogP contribution in [0.4, 0.5) is 4.39 Å². The molecule has 0 bridgehead atoms. The van der Waals surface area contributed by atoms with Gasteiger partial charge in [-0.05, 0) is 38.5 Å². The third-order valence-corrected chi connectivity index (χ3v) is 3.42. The molecule has 0 saturated heterocycles. The Morgan fingerprint density at radius 1 is 1.37 bits per heavy atom. The van der Waals surface area contributed by atoms with Crippen LogP contribution in [-0.4, -0.2) is 34.7 Å². The van der Waals surface area contributed by atoms with Crippen LogP contribution in [-0.2, 0) is 4.79 Å². The molecule has 19 heavy (non-hydrogen) atoms. The molecule has 0 fully saturated rings. The van der Waals surface area contributed by atoms with Crippen molar-refractivity contribution in [1.82, 2.24) is 4.90 Å². The van der Waals surface area contributed by atoms with Crippen LogP contribution in [0.5, 0.6) is 0 Å². The van der Waals surface area contributed by atoms with Crippen molar-refractivity contribution in [3.8, 4) is 0 Å². The summed E-state index contributed by atoms with van der Waals surface area (Å²) in [4.78, 5) is 13.4. The lowest BCUT2D eigenvalue weighted by atomic mass is 9.93. The van der Waals surface area contributed by atoms with Crippen molar-refractivity contribution in [1.29, 1.82) is 0 Å². The number of rotatable bonds is 5. The summed E-state index contributed by atoms with van der Waals surface area (Å²) in [5.74, 6) is -0.708. The Hall–Kier alpha value is -1.13. The highest BCUT2D eigenvalue weighted by Gasteiger charge is 2.43. The second-order valence-electron chi connectivity index (χ2n) is 4.51. The van der Waals surface area contributed by atoms with E-state index in [4.69, 9.17) is 11.6 Å². The number of aliphatic hydroxyl groups excluding tert-OH is 1. The lowest BCUT2D eigenvalue weighted by Crippen LogP contribution is -2.47. The molecule has 0 radical (unpaired) electrons. The van der Waals surface area contributed by atoms with Crippen molar-refractivity contribution in [2.24, 2.45) is 0 Å². The Bertz CT molecular complexity index is 430. The normalized spacial score (nSPS) is 15.7. The Morgan fingerprint density at radius 3 is 2.26 bits per heavy atom. The molecule has 0 aliphatic carbocycles. The molecule has 1 N–H and O–H groups in total. The number of carbonyl (C=O) groups excluding carboxylic acids is 1. The van der Waals surface area contributed by atoms with Crippen molar-refractivity contribution in [3.05, 3.63) is 34.9 Å². The molecule has 0 spiro atoms. The minimum absolute atomic E-state index is 0.329. The standard InChI is InChI=1S/C14H19ClFNO2/c1-4-17(5-2)13(19)14(3,16)12(18)10-6-8-11(15)9-7-10/h6-9,12,18H,4-5H2,1-3H3/t12-,14-/m0/s1. The van der Waals surface area contributed by atoms with E-state index in [0.29, 0.717) is 23.7 Å². The minimum Gasteiger partial charge on any atom is -0.384 e. The van der Waals surface area contributed by atoms with Crippen molar-refractivity contribution in [2.45, 2.75) is 32.5 Å². The molecule has 2 atom stereocenters. The molecule has 0 heterocycles. The summed E-state index contributed by atoms with van der Waals surface area (Å²) in [5, 5.41) is 10.6. The van der Waals surface area contributed by atoms with Gasteiger partial charge in [0.15, 0.2) is 0 Å². The summed E-state index contributed by atoms with van der Waals surface area (Å²) >= 11 is 5.74. The van der Waals surface area contributed by atoms with E-state index >= 15 is 0 Å². The Morgan fingerprint density at radius 2 is 1.84 bits per heavy atom. The molecule has 0 aromatic heterocycles. The van der Waals surface area contributed by atoms with E-state index in [-0.39, 0.29) is 0 Å². The van der Waals surface area contributed by atoms with Crippen LogP contribution in [0.25, 0.3) is 0 Å². The van der Waals surface area contributed by atoms with E-state index in [1.165, 1.54) is 17.0 Å². The van der Waals surface area contributed by atoms with Gasteiger partial charge < -0.3 is 10.0 Å². The highest BCUT2D eigenvalue weighted by atomic mass is 35.5. The zero-order valence-corrected chi connectivity index (χ0v) is 12.1. The van der Waals surface area contributed by atoms with Gasteiger partial charge in [0.2, 0.25) is 5.67 Å². The summed E-state index contributed by atoms with van der Waals surface area (Å²) in [6, 6.07) is 6.14. The fourth-order valence-electron chi connectivity index (χ4n) is 1.90. The van der Waals surface area contributed by atoms with Crippen LogP contribution in [0.3, 0.4) is 0 Å². The molecule has 106 valence electrons. The van der Waals surface area contributed by atoms with Gasteiger partial charge in [-0.3, -0.25) is 4.79 Å². The molecule has 3 nitrogen and oxygen atoms in total.